The number of aromatic nitrogens is 1. The molecule has 1 aromatic carbocycles. The SMILES string of the molecule is Cc1cc(CN2CCN(C)[C@@H](c3ccccc3)C2)no1. The van der Waals surface area contributed by atoms with Crippen molar-refractivity contribution in [2.24, 2.45) is 0 Å². The summed E-state index contributed by atoms with van der Waals surface area (Å²) < 4.78 is 5.15. The molecule has 0 bridgehead atoms. The standard InChI is InChI=1S/C16H21N3O/c1-13-10-15(17-20-13)11-19-9-8-18(2)16(12-19)14-6-4-3-5-7-14/h3-7,10,16H,8-9,11-12H2,1-2H3/t16-/m1/s1. The fourth-order valence-corrected chi connectivity index (χ4v) is 2.83. The number of hydrogen-bond donors (Lipinski definition) is 0. The third kappa shape index (κ3) is 2.92. The molecule has 4 nitrogen and oxygen atoms in total. The molecule has 0 unspecified atom stereocenters. The van der Waals surface area contributed by atoms with E-state index in [9.17, 15) is 0 Å². The minimum atomic E-state index is 0.456. The maximum absolute atomic E-state index is 5.15. The van der Waals surface area contributed by atoms with Gasteiger partial charge in [0.15, 0.2) is 0 Å². The molecule has 3 rings (SSSR count). The number of rotatable bonds is 3. The minimum Gasteiger partial charge on any atom is -0.361 e. The van der Waals surface area contributed by atoms with Crippen LogP contribution >= 0.6 is 0 Å². The zero-order valence-electron chi connectivity index (χ0n) is 12.1. The minimum absolute atomic E-state index is 0.456. The van der Waals surface area contributed by atoms with Gasteiger partial charge in [-0.3, -0.25) is 9.80 Å². The molecule has 0 amide bonds. The van der Waals surface area contributed by atoms with Gasteiger partial charge in [0.05, 0.1) is 5.69 Å². The topological polar surface area (TPSA) is 32.5 Å². The van der Waals surface area contributed by atoms with Crippen molar-refractivity contribution in [2.75, 3.05) is 26.7 Å². The average Bonchev–Trinajstić information content (AvgIpc) is 2.87. The van der Waals surface area contributed by atoms with Crippen LogP contribution in [0.3, 0.4) is 0 Å². The van der Waals surface area contributed by atoms with Gasteiger partial charge in [-0.1, -0.05) is 35.5 Å². The summed E-state index contributed by atoms with van der Waals surface area (Å²) in [4.78, 5) is 4.88. The fraction of sp³-hybridized carbons (Fsp3) is 0.438. The predicted molar refractivity (Wildman–Crippen MR) is 78.3 cm³/mol. The number of piperazine rings is 1. The Kier molecular flexibility index (Phi) is 3.85. The van der Waals surface area contributed by atoms with E-state index in [1.54, 1.807) is 0 Å². The summed E-state index contributed by atoms with van der Waals surface area (Å²) in [7, 11) is 2.20. The molecule has 2 heterocycles. The molecule has 0 saturated carbocycles. The Morgan fingerprint density at radius 1 is 1.25 bits per heavy atom. The Balaban J connectivity index is 1.70. The van der Waals surface area contributed by atoms with Crippen LogP contribution < -0.4 is 0 Å². The van der Waals surface area contributed by atoms with Crippen molar-refractivity contribution < 1.29 is 4.52 Å². The lowest BCUT2D eigenvalue weighted by Gasteiger charge is -2.39. The third-order valence-corrected chi connectivity index (χ3v) is 3.98. The number of benzene rings is 1. The largest absolute Gasteiger partial charge is 0.361 e. The zero-order chi connectivity index (χ0) is 13.9. The molecule has 1 aliphatic rings. The van der Waals surface area contributed by atoms with Gasteiger partial charge >= 0.3 is 0 Å². The highest BCUT2D eigenvalue weighted by atomic mass is 16.5. The molecule has 0 aliphatic carbocycles. The van der Waals surface area contributed by atoms with Crippen molar-refractivity contribution in [1.82, 2.24) is 15.0 Å². The quantitative estimate of drug-likeness (QED) is 0.858. The second-order valence-corrected chi connectivity index (χ2v) is 5.57. The van der Waals surface area contributed by atoms with Gasteiger partial charge in [0, 0.05) is 38.3 Å². The molecule has 20 heavy (non-hydrogen) atoms. The second kappa shape index (κ2) is 5.77. The summed E-state index contributed by atoms with van der Waals surface area (Å²) in [5.41, 5.74) is 2.41. The molecule has 106 valence electrons. The summed E-state index contributed by atoms with van der Waals surface area (Å²) in [6.45, 7) is 6.00. The van der Waals surface area contributed by atoms with Gasteiger partial charge < -0.3 is 4.52 Å². The highest BCUT2D eigenvalue weighted by Gasteiger charge is 2.25. The average molecular weight is 271 g/mol. The highest BCUT2D eigenvalue weighted by molar-refractivity contribution is 5.20. The van der Waals surface area contributed by atoms with E-state index in [2.05, 4.69) is 52.3 Å². The van der Waals surface area contributed by atoms with Crippen LogP contribution in [0.4, 0.5) is 0 Å². The second-order valence-electron chi connectivity index (χ2n) is 5.57. The molecule has 0 N–H and O–H groups in total. The Labute approximate surface area is 120 Å². The van der Waals surface area contributed by atoms with Gasteiger partial charge in [-0.15, -0.1) is 0 Å². The Morgan fingerprint density at radius 3 is 2.75 bits per heavy atom. The first-order chi connectivity index (χ1) is 9.72. The molecule has 2 aromatic rings. The molecule has 1 fully saturated rings. The normalized spacial score (nSPS) is 21.2. The van der Waals surface area contributed by atoms with Crippen molar-refractivity contribution in [3.8, 4) is 0 Å². The van der Waals surface area contributed by atoms with E-state index in [0.717, 1.165) is 37.6 Å². The summed E-state index contributed by atoms with van der Waals surface area (Å²) >= 11 is 0. The van der Waals surface area contributed by atoms with Gasteiger partial charge in [0.2, 0.25) is 0 Å². The Hall–Kier alpha value is -1.65. The van der Waals surface area contributed by atoms with Crippen LogP contribution in [-0.4, -0.2) is 41.6 Å². The van der Waals surface area contributed by atoms with Crippen LogP contribution in [0.25, 0.3) is 0 Å². The van der Waals surface area contributed by atoms with Crippen LogP contribution in [-0.2, 0) is 6.54 Å². The summed E-state index contributed by atoms with van der Waals surface area (Å²) in [6.07, 6.45) is 0. The van der Waals surface area contributed by atoms with Gasteiger partial charge in [0.25, 0.3) is 0 Å². The summed E-state index contributed by atoms with van der Waals surface area (Å²) in [5.74, 6) is 0.883. The molecule has 1 aliphatic heterocycles. The number of nitrogens with zero attached hydrogens (tertiary/aromatic N) is 3. The molecule has 0 spiro atoms. The summed E-state index contributed by atoms with van der Waals surface area (Å²) in [5, 5.41) is 4.10. The van der Waals surface area contributed by atoms with Gasteiger partial charge in [0.1, 0.15) is 5.76 Å². The van der Waals surface area contributed by atoms with Crippen LogP contribution in [0.2, 0.25) is 0 Å². The Bertz CT molecular complexity index is 552. The van der Waals surface area contributed by atoms with Gasteiger partial charge in [-0.05, 0) is 19.5 Å². The van der Waals surface area contributed by atoms with E-state index < -0.39 is 0 Å². The van der Waals surface area contributed by atoms with Crippen molar-refractivity contribution in [3.05, 3.63) is 53.4 Å². The van der Waals surface area contributed by atoms with E-state index >= 15 is 0 Å². The van der Waals surface area contributed by atoms with Crippen LogP contribution in [0.1, 0.15) is 23.1 Å². The number of hydrogen-bond acceptors (Lipinski definition) is 4. The highest BCUT2D eigenvalue weighted by Crippen LogP contribution is 2.24. The first-order valence-corrected chi connectivity index (χ1v) is 7.12. The molecule has 1 saturated heterocycles. The van der Waals surface area contributed by atoms with Gasteiger partial charge in [-0.25, -0.2) is 0 Å². The molecule has 0 radical (unpaired) electrons. The van der Waals surface area contributed by atoms with Crippen LogP contribution in [0, 0.1) is 6.92 Å². The molecule has 1 aromatic heterocycles. The van der Waals surface area contributed by atoms with Crippen molar-refractivity contribution in [2.45, 2.75) is 19.5 Å². The molecular weight excluding hydrogens is 250 g/mol. The van der Waals surface area contributed by atoms with E-state index in [1.807, 2.05) is 13.0 Å². The van der Waals surface area contributed by atoms with E-state index in [0.29, 0.717) is 6.04 Å². The zero-order valence-corrected chi connectivity index (χ0v) is 12.1. The maximum Gasteiger partial charge on any atom is 0.133 e. The maximum atomic E-state index is 5.15. The number of aryl methyl sites for hydroxylation is 1. The van der Waals surface area contributed by atoms with E-state index in [-0.39, 0.29) is 0 Å². The molecule has 1 atom stereocenters. The smallest absolute Gasteiger partial charge is 0.133 e. The van der Waals surface area contributed by atoms with E-state index in [1.165, 1.54) is 5.56 Å². The first-order valence-electron chi connectivity index (χ1n) is 7.12. The van der Waals surface area contributed by atoms with E-state index in [4.69, 9.17) is 4.52 Å². The predicted octanol–water partition coefficient (Wildman–Crippen LogP) is 2.47. The summed E-state index contributed by atoms with van der Waals surface area (Å²) in [6, 6.07) is 13.2. The third-order valence-electron chi connectivity index (χ3n) is 3.98. The first kappa shape index (κ1) is 13.3. The Morgan fingerprint density at radius 2 is 2.05 bits per heavy atom. The van der Waals surface area contributed by atoms with Crippen molar-refractivity contribution in [3.63, 3.8) is 0 Å². The monoisotopic (exact) mass is 271 g/mol. The fourth-order valence-electron chi connectivity index (χ4n) is 2.83. The molecule has 4 heteroatoms. The van der Waals surface area contributed by atoms with Crippen molar-refractivity contribution in [1.29, 1.82) is 0 Å². The molecular formula is C16H21N3O. The van der Waals surface area contributed by atoms with Crippen molar-refractivity contribution >= 4 is 0 Å². The van der Waals surface area contributed by atoms with Crippen LogP contribution in [0.15, 0.2) is 40.9 Å². The number of likely N-dealkylation sites (N-methyl/N-ethyl adjacent to an activating group) is 1. The lowest BCUT2D eigenvalue weighted by Crippen LogP contribution is -2.46. The lowest BCUT2D eigenvalue weighted by molar-refractivity contribution is 0.0888. The van der Waals surface area contributed by atoms with Gasteiger partial charge in [-0.2, -0.15) is 0 Å². The van der Waals surface area contributed by atoms with Crippen LogP contribution in [0.5, 0.6) is 0 Å². The lowest BCUT2D eigenvalue weighted by atomic mass is 10.0.